The predicted molar refractivity (Wildman–Crippen MR) is 106 cm³/mol. The second-order valence-electron chi connectivity index (χ2n) is 7.44. The van der Waals surface area contributed by atoms with Crippen LogP contribution in [0, 0.1) is 5.92 Å². The molecule has 4 rings (SSSR count). The van der Waals surface area contributed by atoms with Gasteiger partial charge in [0.25, 0.3) is 11.8 Å². The van der Waals surface area contributed by atoms with Crippen LogP contribution in [-0.4, -0.2) is 48.7 Å². The predicted octanol–water partition coefficient (Wildman–Crippen LogP) is 2.48. The number of rotatable bonds is 4. The van der Waals surface area contributed by atoms with Gasteiger partial charge in [-0.3, -0.25) is 9.59 Å². The van der Waals surface area contributed by atoms with Gasteiger partial charge in [-0.2, -0.15) is 4.31 Å². The summed E-state index contributed by atoms with van der Waals surface area (Å²) < 4.78 is 27.0. The van der Waals surface area contributed by atoms with Crippen LogP contribution in [-0.2, 0) is 14.9 Å². The molecule has 2 aromatic carbocycles. The molecular weight excluding hydrogens is 408 g/mol. The maximum atomic E-state index is 12.8. The van der Waals surface area contributed by atoms with E-state index in [2.05, 4.69) is 6.92 Å². The van der Waals surface area contributed by atoms with Crippen LogP contribution < -0.4 is 0 Å². The third-order valence-corrected chi connectivity index (χ3v) is 7.31. The van der Waals surface area contributed by atoms with E-state index in [-0.39, 0.29) is 21.6 Å². The van der Waals surface area contributed by atoms with Crippen LogP contribution in [0.25, 0.3) is 0 Å². The first-order valence-corrected chi connectivity index (χ1v) is 11.0. The van der Waals surface area contributed by atoms with Gasteiger partial charge in [-0.1, -0.05) is 24.1 Å². The van der Waals surface area contributed by atoms with E-state index in [4.69, 9.17) is 4.84 Å². The number of hydrogen-bond donors (Lipinski definition) is 0. The number of imide groups is 1. The Morgan fingerprint density at radius 3 is 2.00 bits per heavy atom. The molecule has 0 aliphatic carbocycles. The van der Waals surface area contributed by atoms with Crippen LogP contribution in [0.15, 0.2) is 53.4 Å². The number of benzene rings is 2. The van der Waals surface area contributed by atoms with Crippen molar-refractivity contribution in [2.45, 2.75) is 24.7 Å². The highest BCUT2D eigenvalue weighted by molar-refractivity contribution is 7.89. The van der Waals surface area contributed by atoms with E-state index in [1.807, 2.05) is 0 Å². The molecular formula is C21H20N2O6S. The highest BCUT2D eigenvalue weighted by atomic mass is 32.2. The number of sulfonamides is 1. The Morgan fingerprint density at radius 1 is 0.933 bits per heavy atom. The van der Waals surface area contributed by atoms with Gasteiger partial charge in [-0.15, -0.1) is 0 Å². The molecule has 0 radical (unpaired) electrons. The number of hydroxylamine groups is 2. The average Bonchev–Trinajstić information content (AvgIpc) is 2.99. The molecule has 2 aliphatic rings. The number of carbonyl (C=O) groups excluding carboxylic acids is 3. The van der Waals surface area contributed by atoms with Gasteiger partial charge in [0.1, 0.15) is 0 Å². The molecule has 1 fully saturated rings. The lowest BCUT2D eigenvalue weighted by Crippen LogP contribution is -2.37. The van der Waals surface area contributed by atoms with Gasteiger partial charge in [-0.25, -0.2) is 13.2 Å². The lowest BCUT2D eigenvalue weighted by Gasteiger charge is -2.29. The fourth-order valence-electron chi connectivity index (χ4n) is 3.52. The average molecular weight is 428 g/mol. The highest BCUT2D eigenvalue weighted by Crippen LogP contribution is 2.25. The monoisotopic (exact) mass is 428 g/mol. The Hall–Kier alpha value is -3.04. The topological polar surface area (TPSA) is 101 Å². The summed E-state index contributed by atoms with van der Waals surface area (Å²) in [5.74, 6) is -1.87. The minimum absolute atomic E-state index is 0.0257. The standard InChI is InChI=1S/C21H20N2O6S/c1-14-10-12-22(13-11-14)30(27,28)16-8-6-15(7-9-16)21(26)29-23-19(24)17-4-2-3-5-18(17)20(23)25/h2-9,14H,10-13H2,1H3. The van der Waals surface area contributed by atoms with Crippen LogP contribution in [0.3, 0.4) is 0 Å². The molecule has 30 heavy (non-hydrogen) atoms. The maximum Gasteiger partial charge on any atom is 0.363 e. The second kappa shape index (κ2) is 7.66. The van der Waals surface area contributed by atoms with Crippen LogP contribution in [0.1, 0.15) is 50.8 Å². The van der Waals surface area contributed by atoms with Gasteiger partial charge >= 0.3 is 5.97 Å². The minimum Gasteiger partial charge on any atom is -0.324 e. The van der Waals surface area contributed by atoms with Gasteiger partial charge in [0.2, 0.25) is 10.0 Å². The zero-order chi connectivity index (χ0) is 21.5. The number of amides is 2. The first kappa shape index (κ1) is 20.2. The summed E-state index contributed by atoms with van der Waals surface area (Å²) in [5.41, 5.74) is 0.345. The Morgan fingerprint density at radius 2 is 1.47 bits per heavy atom. The lowest BCUT2D eigenvalue weighted by molar-refractivity contribution is -0.0584. The van der Waals surface area contributed by atoms with Crippen LogP contribution >= 0.6 is 0 Å². The molecule has 0 bridgehead atoms. The number of carbonyl (C=O) groups is 3. The fourth-order valence-corrected chi connectivity index (χ4v) is 4.99. The van der Waals surface area contributed by atoms with Crippen molar-refractivity contribution in [1.29, 1.82) is 0 Å². The van der Waals surface area contributed by atoms with Crippen LogP contribution in [0.4, 0.5) is 0 Å². The molecule has 2 heterocycles. The number of hydrogen-bond acceptors (Lipinski definition) is 6. The molecule has 0 spiro atoms. The fraction of sp³-hybridized carbons (Fsp3) is 0.286. The van der Waals surface area contributed by atoms with Crippen molar-refractivity contribution in [3.8, 4) is 0 Å². The Balaban J connectivity index is 1.48. The van der Waals surface area contributed by atoms with Crippen molar-refractivity contribution >= 4 is 27.8 Å². The molecule has 2 amide bonds. The molecule has 0 N–H and O–H groups in total. The molecule has 2 aromatic rings. The van der Waals surface area contributed by atoms with E-state index in [0.29, 0.717) is 24.1 Å². The highest BCUT2D eigenvalue weighted by Gasteiger charge is 2.39. The van der Waals surface area contributed by atoms with Gasteiger partial charge in [-0.05, 0) is 55.2 Å². The van der Waals surface area contributed by atoms with Crippen molar-refractivity contribution in [3.05, 3.63) is 65.2 Å². The third-order valence-electron chi connectivity index (χ3n) is 5.40. The van der Waals surface area contributed by atoms with Crippen molar-refractivity contribution in [1.82, 2.24) is 9.37 Å². The van der Waals surface area contributed by atoms with E-state index < -0.39 is 27.8 Å². The summed E-state index contributed by atoms with van der Waals surface area (Å²) in [6.07, 6.45) is 1.62. The Kier molecular flexibility index (Phi) is 5.17. The van der Waals surface area contributed by atoms with E-state index in [9.17, 15) is 22.8 Å². The van der Waals surface area contributed by atoms with Crippen molar-refractivity contribution in [3.63, 3.8) is 0 Å². The van der Waals surface area contributed by atoms with Crippen molar-refractivity contribution < 1.29 is 27.6 Å². The summed E-state index contributed by atoms with van der Waals surface area (Å²) in [6, 6.07) is 11.4. The van der Waals surface area contributed by atoms with E-state index in [0.717, 1.165) is 12.8 Å². The summed E-state index contributed by atoms with van der Waals surface area (Å²) in [6.45, 7) is 3.03. The molecule has 0 unspecified atom stereocenters. The van der Waals surface area contributed by atoms with Gasteiger partial charge in [0, 0.05) is 13.1 Å². The smallest absolute Gasteiger partial charge is 0.324 e. The molecule has 0 aromatic heterocycles. The van der Waals surface area contributed by atoms with E-state index in [1.54, 1.807) is 12.1 Å². The summed E-state index contributed by atoms with van der Waals surface area (Å²) >= 11 is 0. The molecule has 0 saturated carbocycles. The van der Waals surface area contributed by atoms with Gasteiger partial charge in [0.15, 0.2) is 0 Å². The number of piperidine rings is 1. The number of nitrogens with zero attached hydrogens (tertiary/aromatic N) is 2. The van der Waals surface area contributed by atoms with Crippen LogP contribution in [0.2, 0.25) is 0 Å². The normalized spacial score (nSPS) is 17.8. The first-order valence-electron chi connectivity index (χ1n) is 9.59. The summed E-state index contributed by atoms with van der Waals surface area (Å²) in [5, 5.41) is 0.423. The second-order valence-corrected chi connectivity index (χ2v) is 9.38. The summed E-state index contributed by atoms with van der Waals surface area (Å²) in [7, 11) is -3.64. The minimum atomic E-state index is -3.64. The molecule has 0 atom stereocenters. The number of fused-ring (bicyclic) bond motifs is 1. The quantitative estimate of drug-likeness (QED) is 0.694. The SMILES string of the molecule is CC1CCN(S(=O)(=O)c2ccc(C(=O)ON3C(=O)c4ccccc4C3=O)cc2)CC1. The van der Waals surface area contributed by atoms with E-state index in [1.165, 1.54) is 40.7 Å². The molecule has 9 heteroatoms. The largest absolute Gasteiger partial charge is 0.363 e. The Labute approximate surface area is 174 Å². The van der Waals surface area contributed by atoms with Gasteiger partial charge < -0.3 is 4.84 Å². The maximum absolute atomic E-state index is 12.8. The zero-order valence-electron chi connectivity index (χ0n) is 16.3. The third kappa shape index (κ3) is 3.50. The van der Waals surface area contributed by atoms with Crippen LogP contribution in [0.5, 0.6) is 0 Å². The molecule has 2 aliphatic heterocycles. The zero-order valence-corrected chi connectivity index (χ0v) is 17.1. The lowest BCUT2D eigenvalue weighted by atomic mass is 10.0. The summed E-state index contributed by atoms with van der Waals surface area (Å²) in [4.78, 5) is 42.1. The molecule has 8 nitrogen and oxygen atoms in total. The van der Waals surface area contributed by atoms with Gasteiger partial charge in [0.05, 0.1) is 21.6 Å². The molecule has 1 saturated heterocycles. The van der Waals surface area contributed by atoms with Crippen molar-refractivity contribution in [2.24, 2.45) is 5.92 Å². The van der Waals surface area contributed by atoms with Crippen molar-refractivity contribution in [2.75, 3.05) is 13.1 Å². The van der Waals surface area contributed by atoms with E-state index >= 15 is 0 Å². The Bertz CT molecular complexity index is 1080. The first-order chi connectivity index (χ1) is 14.3. The molecule has 156 valence electrons.